The summed E-state index contributed by atoms with van der Waals surface area (Å²) in [5.74, 6) is 1.82. The van der Waals surface area contributed by atoms with Crippen LogP contribution in [-0.2, 0) is 28.5 Å². The van der Waals surface area contributed by atoms with Crippen molar-refractivity contribution in [1.82, 2.24) is 0 Å². The summed E-state index contributed by atoms with van der Waals surface area (Å²) in [5.41, 5.74) is 6.84. The second-order valence-corrected chi connectivity index (χ2v) is 7.29. The van der Waals surface area contributed by atoms with E-state index in [4.69, 9.17) is 10.2 Å². The van der Waals surface area contributed by atoms with Crippen molar-refractivity contribution in [3.8, 4) is 0 Å². The van der Waals surface area contributed by atoms with Crippen LogP contribution in [0.1, 0.15) is 37.9 Å². The Kier molecular flexibility index (Phi) is 4.45. The summed E-state index contributed by atoms with van der Waals surface area (Å²) in [6.45, 7) is 6.86. The molecule has 2 aromatic rings. The van der Waals surface area contributed by atoms with E-state index in [2.05, 4.69) is 20.8 Å². The first-order valence-corrected chi connectivity index (χ1v) is 7.98. The van der Waals surface area contributed by atoms with Crippen molar-refractivity contribution in [3.63, 3.8) is 0 Å². The molecule has 0 amide bonds. The number of rotatable bonds is 4. The number of furan rings is 1. The lowest BCUT2D eigenvalue weighted by atomic mass is 9.87. The van der Waals surface area contributed by atoms with Gasteiger partial charge in [-0.05, 0) is 35.2 Å². The number of benzene rings is 1. The fraction of sp³-hybridized carbons (Fsp3) is 0.375. The number of hydrogen-bond donors (Lipinski definition) is 1. The van der Waals surface area contributed by atoms with Gasteiger partial charge in [0.15, 0.2) is 0 Å². The molecule has 1 heterocycles. The third kappa shape index (κ3) is 3.58. The molecule has 4 heteroatoms. The van der Waals surface area contributed by atoms with Crippen molar-refractivity contribution in [3.05, 3.63) is 53.5 Å². The van der Waals surface area contributed by atoms with Gasteiger partial charge in [0.1, 0.15) is 11.5 Å². The molecular formula is C16H21NO2S. The molecule has 2 rings (SSSR count). The van der Waals surface area contributed by atoms with Gasteiger partial charge in [-0.15, -0.1) is 0 Å². The smallest absolute Gasteiger partial charge is 0.117 e. The lowest BCUT2D eigenvalue weighted by molar-refractivity contribution is 0.481. The maximum atomic E-state index is 12.3. The molecule has 108 valence electrons. The molecule has 2 N–H and O–H groups in total. The van der Waals surface area contributed by atoms with Crippen molar-refractivity contribution in [2.24, 2.45) is 5.73 Å². The molecule has 0 aliphatic carbocycles. The predicted molar refractivity (Wildman–Crippen MR) is 81.9 cm³/mol. The van der Waals surface area contributed by atoms with Crippen molar-refractivity contribution >= 4 is 10.8 Å². The van der Waals surface area contributed by atoms with Crippen LogP contribution in [0.2, 0.25) is 0 Å². The summed E-state index contributed by atoms with van der Waals surface area (Å²) < 4.78 is 17.8. The molecule has 0 aliphatic rings. The van der Waals surface area contributed by atoms with Gasteiger partial charge in [0.2, 0.25) is 0 Å². The molecule has 0 bridgehead atoms. The molecule has 1 aromatic heterocycles. The summed E-state index contributed by atoms with van der Waals surface area (Å²) >= 11 is 0. The van der Waals surface area contributed by atoms with Gasteiger partial charge in [0.05, 0.1) is 23.1 Å². The van der Waals surface area contributed by atoms with Crippen molar-refractivity contribution in [1.29, 1.82) is 0 Å². The van der Waals surface area contributed by atoms with Crippen molar-refractivity contribution < 1.29 is 8.63 Å². The minimum atomic E-state index is -1.09. The first-order chi connectivity index (χ1) is 9.40. The van der Waals surface area contributed by atoms with Gasteiger partial charge in [0, 0.05) is 4.90 Å². The van der Waals surface area contributed by atoms with Crippen LogP contribution < -0.4 is 5.73 Å². The van der Waals surface area contributed by atoms with Crippen LogP contribution in [0.15, 0.2) is 45.7 Å². The molecule has 1 atom stereocenters. The van der Waals surface area contributed by atoms with Gasteiger partial charge >= 0.3 is 0 Å². The molecule has 0 spiro atoms. The highest BCUT2D eigenvalue weighted by Gasteiger charge is 2.14. The fourth-order valence-corrected chi connectivity index (χ4v) is 2.95. The van der Waals surface area contributed by atoms with E-state index in [-0.39, 0.29) is 5.41 Å². The van der Waals surface area contributed by atoms with E-state index < -0.39 is 10.8 Å². The molecule has 0 saturated heterocycles. The number of hydrogen-bond acceptors (Lipinski definition) is 3. The lowest BCUT2D eigenvalue weighted by Crippen LogP contribution is -2.10. The van der Waals surface area contributed by atoms with Crippen LogP contribution in [0.4, 0.5) is 0 Å². The molecule has 20 heavy (non-hydrogen) atoms. The standard InChI is InChI=1S/C16H21NO2S/c1-16(2,3)12-4-8-15(9-5-12)20(18)11-14-7-6-13(10-17)19-14/h4-9H,10-11,17H2,1-3H3. The maximum Gasteiger partial charge on any atom is 0.117 e. The van der Waals surface area contributed by atoms with E-state index in [1.54, 1.807) is 0 Å². The Balaban J connectivity index is 2.09. The highest BCUT2D eigenvalue weighted by atomic mass is 32.2. The summed E-state index contributed by atoms with van der Waals surface area (Å²) in [6, 6.07) is 11.6. The Bertz CT molecular complexity index is 594. The zero-order valence-corrected chi connectivity index (χ0v) is 13.0. The molecule has 0 saturated carbocycles. The van der Waals surface area contributed by atoms with E-state index in [1.807, 2.05) is 36.4 Å². The van der Waals surface area contributed by atoms with E-state index in [0.29, 0.717) is 18.1 Å². The van der Waals surface area contributed by atoms with E-state index in [1.165, 1.54) is 5.56 Å². The molecule has 0 aliphatic heterocycles. The average molecular weight is 291 g/mol. The van der Waals surface area contributed by atoms with E-state index in [9.17, 15) is 4.21 Å². The monoisotopic (exact) mass is 291 g/mol. The largest absolute Gasteiger partial charge is 0.464 e. The third-order valence-electron chi connectivity index (χ3n) is 3.18. The Labute approximate surface area is 122 Å². The van der Waals surface area contributed by atoms with Crippen LogP contribution in [0.3, 0.4) is 0 Å². The minimum Gasteiger partial charge on any atom is -0.464 e. The highest BCUT2D eigenvalue weighted by Crippen LogP contribution is 2.23. The van der Waals surface area contributed by atoms with Gasteiger partial charge < -0.3 is 10.2 Å². The molecular weight excluding hydrogens is 270 g/mol. The topological polar surface area (TPSA) is 56.2 Å². The minimum absolute atomic E-state index is 0.108. The van der Waals surface area contributed by atoms with Gasteiger partial charge in [-0.2, -0.15) is 0 Å². The zero-order chi connectivity index (χ0) is 14.8. The summed E-state index contributed by atoms with van der Waals surface area (Å²) in [4.78, 5) is 0.823. The quantitative estimate of drug-likeness (QED) is 0.940. The SMILES string of the molecule is CC(C)(C)c1ccc(S(=O)Cc2ccc(CN)o2)cc1. The summed E-state index contributed by atoms with van der Waals surface area (Å²) in [6.07, 6.45) is 0. The lowest BCUT2D eigenvalue weighted by Gasteiger charge is -2.18. The summed E-state index contributed by atoms with van der Waals surface area (Å²) in [7, 11) is -1.09. The normalized spacial score (nSPS) is 13.4. The van der Waals surface area contributed by atoms with Gasteiger partial charge in [-0.1, -0.05) is 32.9 Å². The second-order valence-electron chi connectivity index (χ2n) is 5.84. The first kappa shape index (κ1) is 15.0. The van der Waals surface area contributed by atoms with Crippen LogP contribution in [0.25, 0.3) is 0 Å². The Hall–Kier alpha value is -1.39. The zero-order valence-electron chi connectivity index (χ0n) is 12.2. The molecule has 1 aromatic carbocycles. The predicted octanol–water partition coefficient (Wildman–Crippen LogP) is 3.34. The second kappa shape index (κ2) is 5.94. The van der Waals surface area contributed by atoms with Crippen molar-refractivity contribution in [2.75, 3.05) is 0 Å². The fourth-order valence-electron chi connectivity index (χ4n) is 1.93. The van der Waals surface area contributed by atoms with Crippen LogP contribution in [0.5, 0.6) is 0 Å². The first-order valence-electron chi connectivity index (χ1n) is 6.67. The van der Waals surface area contributed by atoms with Gasteiger partial charge in [0.25, 0.3) is 0 Å². The highest BCUT2D eigenvalue weighted by molar-refractivity contribution is 7.84. The number of nitrogens with two attached hydrogens (primary N) is 1. The molecule has 3 nitrogen and oxygen atoms in total. The third-order valence-corrected chi connectivity index (χ3v) is 4.52. The average Bonchev–Trinajstić information content (AvgIpc) is 2.85. The Morgan fingerprint density at radius 2 is 1.65 bits per heavy atom. The molecule has 0 fully saturated rings. The molecule has 1 unspecified atom stereocenters. The summed E-state index contributed by atoms with van der Waals surface area (Å²) in [5, 5.41) is 0. The van der Waals surface area contributed by atoms with Gasteiger partial charge in [-0.3, -0.25) is 4.21 Å². The Morgan fingerprint density at radius 3 is 2.15 bits per heavy atom. The maximum absolute atomic E-state index is 12.3. The Morgan fingerprint density at radius 1 is 1.05 bits per heavy atom. The molecule has 0 radical (unpaired) electrons. The van der Waals surface area contributed by atoms with E-state index in [0.717, 1.165) is 10.7 Å². The van der Waals surface area contributed by atoms with Gasteiger partial charge in [-0.25, -0.2) is 0 Å². The van der Waals surface area contributed by atoms with Crippen molar-refractivity contribution in [2.45, 2.75) is 43.4 Å². The van der Waals surface area contributed by atoms with Crippen LogP contribution in [0, 0.1) is 0 Å². The van der Waals surface area contributed by atoms with Crippen LogP contribution >= 0.6 is 0 Å². The van der Waals surface area contributed by atoms with Crippen LogP contribution in [-0.4, -0.2) is 4.21 Å². The van der Waals surface area contributed by atoms with E-state index >= 15 is 0 Å².